The molecule has 5 nitrogen and oxygen atoms in total. The lowest BCUT2D eigenvalue weighted by molar-refractivity contribution is -0.112. The first-order chi connectivity index (χ1) is 16.5. The number of carbonyl (C=O) groups is 1. The lowest BCUT2D eigenvalue weighted by atomic mass is 10.1. The molecule has 1 amide bonds. The summed E-state index contributed by atoms with van der Waals surface area (Å²) >= 11 is 9.77. The number of hydrogen-bond acceptors (Lipinski definition) is 4. The first-order valence-electron chi connectivity index (χ1n) is 10.8. The van der Waals surface area contributed by atoms with Gasteiger partial charge in [-0.2, -0.15) is 5.26 Å². The van der Waals surface area contributed by atoms with Crippen LogP contribution >= 0.6 is 27.5 Å². The standard InChI is InChI=1S/C27H24BrClN2O3/c1-3-19-9-6-8-12-24(19)31-27(32)21(16-30)13-18-14-22(28)26(25(15-18)33-4-2)34-17-20-10-5-7-11-23(20)29/h5-15H,3-4,17H2,1-2H3,(H,31,32)/b21-13+. The molecule has 0 bridgehead atoms. The van der Waals surface area contributed by atoms with E-state index in [2.05, 4.69) is 21.2 Å². The Hall–Kier alpha value is -3.27. The lowest BCUT2D eigenvalue weighted by Gasteiger charge is -2.15. The Balaban J connectivity index is 1.87. The van der Waals surface area contributed by atoms with Gasteiger partial charge in [0, 0.05) is 16.3 Å². The molecular formula is C27H24BrClN2O3. The van der Waals surface area contributed by atoms with Crippen LogP contribution in [0.1, 0.15) is 30.5 Å². The Bertz CT molecular complexity index is 1250. The van der Waals surface area contributed by atoms with Crippen LogP contribution in [0.25, 0.3) is 6.08 Å². The van der Waals surface area contributed by atoms with Crippen molar-refractivity contribution < 1.29 is 14.3 Å². The summed E-state index contributed by atoms with van der Waals surface area (Å²) in [5, 5.41) is 13.1. The zero-order valence-electron chi connectivity index (χ0n) is 18.9. The lowest BCUT2D eigenvalue weighted by Crippen LogP contribution is -2.14. The molecule has 0 atom stereocenters. The Kier molecular flexibility index (Phi) is 9.15. The number of nitrogens with one attached hydrogen (secondary N) is 1. The van der Waals surface area contributed by atoms with E-state index in [0.717, 1.165) is 17.5 Å². The molecule has 0 aliphatic heterocycles. The van der Waals surface area contributed by atoms with E-state index in [-0.39, 0.29) is 12.2 Å². The van der Waals surface area contributed by atoms with Gasteiger partial charge >= 0.3 is 0 Å². The number of aryl methyl sites for hydroxylation is 1. The number of amides is 1. The van der Waals surface area contributed by atoms with E-state index in [0.29, 0.717) is 38.9 Å². The van der Waals surface area contributed by atoms with Crippen LogP contribution in [0.5, 0.6) is 11.5 Å². The minimum absolute atomic E-state index is 0.0232. The van der Waals surface area contributed by atoms with Crippen molar-refractivity contribution >= 4 is 45.2 Å². The second kappa shape index (κ2) is 12.3. The second-order valence-corrected chi connectivity index (χ2v) is 8.54. The van der Waals surface area contributed by atoms with Gasteiger partial charge in [0.2, 0.25) is 0 Å². The summed E-state index contributed by atoms with van der Waals surface area (Å²) in [4.78, 5) is 12.8. The van der Waals surface area contributed by atoms with Crippen LogP contribution in [-0.4, -0.2) is 12.5 Å². The van der Waals surface area contributed by atoms with E-state index in [1.807, 2.05) is 62.4 Å². The highest BCUT2D eigenvalue weighted by Crippen LogP contribution is 2.38. The van der Waals surface area contributed by atoms with Crippen LogP contribution in [0.3, 0.4) is 0 Å². The highest BCUT2D eigenvalue weighted by Gasteiger charge is 2.16. The van der Waals surface area contributed by atoms with Gasteiger partial charge in [-0.3, -0.25) is 4.79 Å². The number of ether oxygens (including phenoxy) is 2. The Morgan fingerprint density at radius 2 is 1.79 bits per heavy atom. The quantitative estimate of drug-likeness (QED) is 0.231. The fourth-order valence-electron chi connectivity index (χ4n) is 3.30. The summed E-state index contributed by atoms with van der Waals surface area (Å²) in [6.07, 6.45) is 2.29. The number of para-hydroxylation sites is 1. The van der Waals surface area contributed by atoms with E-state index in [4.69, 9.17) is 21.1 Å². The molecule has 34 heavy (non-hydrogen) atoms. The average Bonchev–Trinajstić information content (AvgIpc) is 2.83. The van der Waals surface area contributed by atoms with Crippen molar-refractivity contribution in [1.82, 2.24) is 0 Å². The number of rotatable bonds is 9. The van der Waals surface area contributed by atoms with Crippen molar-refractivity contribution in [3.05, 3.63) is 92.4 Å². The fourth-order valence-corrected chi connectivity index (χ4v) is 4.06. The van der Waals surface area contributed by atoms with Crippen LogP contribution in [0.2, 0.25) is 5.02 Å². The van der Waals surface area contributed by atoms with Crippen molar-refractivity contribution in [2.75, 3.05) is 11.9 Å². The molecular weight excluding hydrogens is 516 g/mol. The molecule has 0 aromatic heterocycles. The Morgan fingerprint density at radius 1 is 1.09 bits per heavy atom. The third-order valence-electron chi connectivity index (χ3n) is 4.98. The van der Waals surface area contributed by atoms with Gasteiger partial charge in [-0.05, 0) is 70.7 Å². The van der Waals surface area contributed by atoms with Gasteiger partial charge < -0.3 is 14.8 Å². The van der Waals surface area contributed by atoms with Crippen LogP contribution in [0.4, 0.5) is 5.69 Å². The van der Waals surface area contributed by atoms with E-state index in [1.54, 1.807) is 18.2 Å². The van der Waals surface area contributed by atoms with Crippen LogP contribution in [0, 0.1) is 11.3 Å². The molecule has 1 N–H and O–H groups in total. The molecule has 0 aliphatic carbocycles. The maximum Gasteiger partial charge on any atom is 0.266 e. The molecule has 0 spiro atoms. The number of carbonyl (C=O) groups excluding carboxylic acids is 1. The summed E-state index contributed by atoms with van der Waals surface area (Å²) in [6, 6.07) is 20.5. The predicted molar refractivity (Wildman–Crippen MR) is 139 cm³/mol. The minimum Gasteiger partial charge on any atom is -0.490 e. The highest BCUT2D eigenvalue weighted by molar-refractivity contribution is 9.10. The maximum absolute atomic E-state index is 12.8. The fraction of sp³-hybridized carbons (Fsp3) is 0.185. The molecule has 3 aromatic carbocycles. The molecule has 0 saturated carbocycles. The second-order valence-electron chi connectivity index (χ2n) is 7.28. The zero-order chi connectivity index (χ0) is 24.5. The summed E-state index contributed by atoms with van der Waals surface area (Å²) < 4.78 is 12.4. The van der Waals surface area contributed by atoms with Gasteiger partial charge in [-0.1, -0.05) is 54.9 Å². The molecule has 0 radical (unpaired) electrons. The molecule has 0 heterocycles. The summed E-state index contributed by atoms with van der Waals surface area (Å²) in [5.74, 6) is 0.527. The van der Waals surface area contributed by atoms with Gasteiger partial charge in [-0.25, -0.2) is 0 Å². The molecule has 0 unspecified atom stereocenters. The highest BCUT2D eigenvalue weighted by atomic mass is 79.9. The van der Waals surface area contributed by atoms with Gasteiger partial charge in [0.15, 0.2) is 11.5 Å². The average molecular weight is 540 g/mol. The topological polar surface area (TPSA) is 71.3 Å². The largest absolute Gasteiger partial charge is 0.490 e. The number of nitrogens with zero attached hydrogens (tertiary/aromatic N) is 1. The zero-order valence-corrected chi connectivity index (χ0v) is 21.2. The summed E-state index contributed by atoms with van der Waals surface area (Å²) in [6.45, 7) is 4.56. The van der Waals surface area contributed by atoms with E-state index in [9.17, 15) is 10.1 Å². The molecule has 7 heteroatoms. The van der Waals surface area contributed by atoms with E-state index in [1.165, 1.54) is 6.08 Å². The first kappa shape index (κ1) is 25.4. The third-order valence-corrected chi connectivity index (χ3v) is 5.94. The smallest absolute Gasteiger partial charge is 0.266 e. The van der Waals surface area contributed by atoms with Crippen LogP contribution < -0.4 is 14.8 Å². The van der Waals surface area contributed by atoms with Gasteiger partial charge in [0.05, 0.1) is 11.1 Å². The molecule has 174 valence electrons. The molecule has 3 aromatic rings. The van der Waals surface area contributed by atoms with Crippen LogP contribution in [0.15, 0.2) is 70.7 Å². The molecule has 0 aliphatic rings. The van der Waals surface area contributed by atoms with Gasteiger partial charge in [-0.15, -0.1) is 0 Å². The predicted octanol–water partition coefficient (Wildman–Crippen LogP) is 7.19. The number of benzene rings is 3. The van der Waals surface area contributed by atoms with E-state index >= 15 is 0 Å². The van der Waals surface area contributed by atoms with Crippen molar-refractivity contribution in [1.29, 1.82) is 5.26 Å². The molecule has 3 rings (SSSR count). The molecule has 0 fully saturated rings. The Morgan fingerprint density at radius 3 is 2.47 bits per heavy atom. The molecule has 0 saturated heterocycles. The Labute approximate surface area is 213 Å². The number of hydrogen-bond donors (Lipinski definition) is 1. The van der Waals surface area contributed by atoms with Crippen molar-refractivity contribution in [3.63, 3.8) is 0 Å². The maximum atomic E-state index is 12.8. The van der Waals surface area contributed by atoms with Gasteiger partial charge in [0.1, 0.15) is 18.2 Å². The normalized spacial score (nSPS) is 11.0. The number of nitriles is 1. The third kappa shape index (κ3) is 6.40. The monoisotopic (exact) mass is 538 g/mol. The SMILES string of the molecule is CCOc1cc(/C=C(\C#N)C(=O)Nc2ccccc2CC)cc(Br)c1OCc1ccccc1Cl. The summed E-state index contributed by atoms with van der Waals surface area (Å²) in [7, 11) is 0. The minimum atomic E-state index is -0.475. The van der Waals surface area contributed by atoms with E-state index < -0.39 is 5.91 Å². The number of anilines is 1. The summed E-state index contributed by atoms with van der Waals surface area (Å²) in [5.41, 5.74) is 3.13. The van der Waals surface area contributed by atoms with Crippen molar-refractivity contribution in [2.24, 2.45) is 0 Å². The van der Waals surface area contributed by atoms with Gasteiger partial charge in [0.25, 0.3) is 5.91 Å². The van der Waals surface area contributed by atoms with Crippen LogP contribution in [-0.2, 0) is 17.8 Å². The van der Waals surface area contributed by atoms with Crippen molar-refractivity contribution in [2.45, 2.75) is 26.9 Å². The first-order valence-corrected chi connectivity index (χ1v) is 12.0. The van der Waals surface area contributed by atoms with Crippen molar-refractivity contribution in [3.8, 4) is 17.6 Å². The number of halogens is 2.